The number of hydrogen-bond donors (Lipinski definition) is 0. The molecule has 6 heteroatoms. The lowest BCUT2D eigenvalue weighted by Crippen LogP contribution is -2.49. The number of amides is 2. The number of methoxy groups -OCH3 is 1. The Labute approximate surface area is 157 Å². The van der Waals surface area contributed by atoms with Crippen LogP contribution in [0.5, 0.6) is 0 Å². The average Bonchev–Trinajstić information content (AvgIpc) is 2.98. The summed E-state index contributed by atoms with van der Waals surface area (Å²) >= 11 is 0. The van der Waals surface area contributed by atoms with E-state index in [-0.39, 0.29) is 30.3 Å². The summed E-state index contributed by atoms with van der Waals surface area (Å²) in [5.41, 5.74) is 1.06. The highest BCUT2D eigenvalue weighted by atomic mass is 16.5. The van der Waals surface area contributed by atoms with E-state index in [9.17, 15) is 9.59 Å². The van der Waals surface area contributed by atoms with Gasteiger partial charge in [0.05, 0.1) is 13.2 Å². The van der Waals surface area contributed by atoms with Crippen molar-refractivity contribution in [2.45, 2.75) is 52.1 Å². The van der Waals surface area contributed by atoms with E-state index in [1.807, 2.05) is 36.9 Å². The van der Waals surface area contributed by atoms with Crippen LogP contribution in [0.4, 0.5) is 0 Å². The number of aromatic nitrogens is 1. The molecule has 0 N–H and O–H groups in total. The van der Waals surface area contributed by atoms with Crippen LogP contribution < -0.4 is 0 Å². The molecular formula is C20H33N3O3. The van der Waals surface area contributed by atoms with E-state index in [2.05, 4.69) is 6.92 Å². The third-order valence-electron chi connectivity index (χ3n) is 5.49. The number of rotatable bonds is 10. The Balaban J connectivity index is 2.08. The van der Waals surface area contributed by atoms with Gasteiger partial charge in [-0.15, -0.1) is 0 Å². The second kappa shape index (κ2) is 9.76. The minimum atomic E-state index is -0.0174. The largest absolute Gasteiger partial charge is 0.383 e. The van der Waals surface area contributed by atoms with Crippen LogP contribution in [0.3, 0.4) is 0 Å². The molecule has 1 atom stereocenters. The molecule has 0 spiro atoms. The van der Waals surface area contributed by atoms with Gasteiger partial charge in [0, 0.05) is 44.6 Å². The van der Waals surface area contributed by atoms with Gasteiger partial charge in [-0.05, 0) is 38.3 Å². The first kappa shape index (κ1) is 20.5. The van der Waals surface area contributed by atoms with E-state index in [0.29, 0.717) is 19.7 Å². The molecule has 0 aliphatic heterocycles. The van der Waals surface area contributed by atoms with Crippen molar-refractivity contribution in [2.75, 3.05) is 26.8 Å². The van der Waals surface area contributed by atoms with Crippen molar-refractivity contribution in [3.8, 4) is 0 Å². The standard InChI is InChI=1S/C20H33N3O3/c1-5-16(2)23(20(25)17-8-6-9-17)15-19(24)22(12-13-26-4)14-18-10-7-11-21(18)3/h7,10-11,16-17H,5-6,8-9,12-15H2,1-4H3. The number of carbonyl (C=O) groups is 2. The molecule has 1 fully saturated rings. The summed E-state index contributed by atoms with van der Waals surface area (Å²) in [5, 5.41) is 0. The number of aryl methyl sites for hydroxylation is 1. The smallest absolute Gasteiger partial charge is 0.242 e. The molecule has 0 bridgehead atoms. The average molecular weight is 364 g/mol. The van der Waals surface area contributed by atoms with Crippen molar-refractivity contribution >= 4 is 11.8 Å². The SMILES string of the molecule is CCC(C)N(CC(=O)N(CCOC)Cc1cccn1C)C(=O)C1CCC1. The Bertz CT molecular complexity index is 595. The van der Waals surface area contributed by atoms with E-state index in [4.69, 9.17) is 4.74 Å². The van der Waals surface area contributed by atoms with Crippen molar-refractivity contribution < 1.29 is 14.3 Å². The van der Waals surface area contributed by atoms with Crippen LogP contribution in [0.2, 0.25) is 0 Å². The van der Waals surface area contributed by atoms with E-state index in [0.717, 1.165) is 31.4 Å². The molecule has 1 saturated carbocycles. The molecule has 1 aliphatic rings. The highest BCUT2D eigenvalue weighted by Gasteiger charge is 2.33. The zero-order valence-corrected chi connectivity index (χ0v) is 16.6. The lowest BCUT2D eigenvalue weighted by Gasteiger charge is -2.36. The summed E-state index contributed by atoms with van der Waals surface area (Å²) in [5.74, 6) is 0.234. The highest BCUT2D eigenvalue weighted by molar-refractivity contribution is 5.86. The zero-order valence-electron chi connectivity index (χ0n) is 16.6. The maximum Gasteiger partial charge on any atom is 0.242 e. The molecule has 146 valence electrons. The predicted molar refractivity (Wildman–Crippen MR) is 102 cm³/mol. The topological polar surface area (TPSA) is 54.8 Å². The van der Waals surface area contributed by atoms with E-state index in [1.54, 1.807) is 16.9 Å². The van der Waals surface area contributed by atoms with Gasteiger partial charge in [-0.2, -0.15) is 0 Å². The van der Waals surface area contributed by atoms with Gasteiger partial charge in [0.25, 0.3) is 0 Å². The van der Waals surface area contributed by atoms with E-state index < -0.39 is 0 Å². The zero-order chi connectivity index (χ0) is 19.1. The van der Waals surface area contributed by atoms with Crippen LogP contribution in [0.15, 0.2) is 18.3 Å². The summed E-state index contributed by atoms with van der Waals surface area (Å²) < 4.78 is 7.19. The highest BCUT2D eigenvalue weighted by Crippen LogP contribution is 2.29. The monoisotopic (exact) mass is 363 g/mol. The molecule has 6 nitrogen and oxygen atoms in total. The minimum absolute atomic E-state index is 0.0174. The fraction of sp³-hybridized carbons (Fsp3) is 0.700. The van der Waals surface area contributed by atoms with Crippen LogP contribution in [0.1, 0.15) is 45.2 Å². The van der Waals surface area contributed by atoms with Crippen LogP contribution >= 0.6 is 0 Å². The Kier molecular flexibility index (Phi) is 7.69. The van der Waals surface area contributed by atoms with Gasteiger partial charge >= 0.3 is 0 Å². The summed E-state index contributed by atoms with van der Waals surface area (Å²) in [7, 11) is 3.61. The first-order chi connectivity index (χ1) is 12.5. The number of nitrogens with zero attached hydrogens (tertiary/aromatic N) is 3. The van der Waals surface area contributed by atoms with Gasteiger partial charge in [-0.1, -0.05) is 13.3 Å². The van der Waals surface area contributed by atoms with Gasteiger partial charge in [0.15, 0.2) is 0 Å². The lowest BCUT2D eigenvalue weighted by molar-refractivity contribution is -0.147. The molecule has 0 saturated heterocycles. The van der Waals surface area contributed by atoms with Gasteiger partial charge < -0.3 is 19.1 Å². The van der Waals surface area contributed by atoms with Gasteiger partial charge in [-0.25, -0.2) is 0 Å². The molecule has 1 aromatic heterocycles. The van der Waals surface area contributed by atoms with Crippen molar-refractivity contribution in [3.05, 3.63) is 24.0 Å². The fourth-order valence-electron chi connectivity index (χ4n) is 3.16. The van der Waals surface area contributed by atoms with Crippen molar-refractivity contribution in [1.29, 1.82) is 0 Å². The molecular weight excluding hydrogens is 330 g/mol. The normalized spacial score (nSPS) is 15.4. The molecule has 2 amide bonds. The summed E-state index contributed by atoms with van der Waals surface area (Å²) in [6.07, 6.45) is 5.85. The third-order valence-corrected chi connectivity index (χ3v) is 5.49. The van der Waals surface area contributed by atoms with Crippen LogP contribution in [0, 0.1) is 5.92 Å². The second-order valence-electron chi connectivity index (χ2n) is 7.27. The van der Waals surface area contributed by atoms with Crippen molar-refractivity contribution in [2.24, 2.45) is 13.0 Å². The molecule has 1 aromatic rings. The first-order valence-corrected chi connectivity index (χ1v) is 9.65. The molecule has 2 rings (SSSR count). The Morgan fingerprint density at radius 1 is 1.38 bits per heavy atom. The molecule has 26 heavy (non-hydrogen) atoms. The Morgan fingerprint density at radius 2 is 2.12 bits per heavy atom. The number of hydrogen-bond acceptors (Lipinski definition) is 3. The van der Waals surface area contributed by atoms with Crippen LogP contribution in [0.25, 0.3) is 0 Å². The van der Waals surface area contributed by atoms with Gasteiger partial charge in [-0.3, -0.25) is 9.59 Å². The van der Waals surface area contributed by atoms with Crippen molar-refractivity contribution in [1.82, 2.24) is 14.4 Å². The predicted octanol–water partition coefficient (Wildman–Crippen LogP) is 2.43. The van der Waals surface area contributed by atoms with Crippen LogP contribution in [-0.2, 0) is 27.9 Å². The van der Waals surface area contributed by atoms with Gasteiger partial charge in [0.2, 0.25) is 11.8 Å². The van der Waals surface area contributed by atoms with E-state index >= 15 is 0 Å². The number of carbonyl (C=O) groups excluding carboxylic acids is 2. The molecule has 1 heterocycles. The lowest BCUT2D eigenvalue weighted by atomic mass is 9.84. The maximum atomic E-state index is 13.0. The fourth-order valence-corrected chi connectivity index (χ4v) is 3.16. The van der Waals surface area contributed by atoms with Crippen LogP contribution in [-0.4, -0.2) is 59.0 Å². The first-order valence-electron chi connectivity index (χ1n) is 9.65. The Morgan fingerprint density at radius 3 is 2.62 bits per heavy atom. The minimum Gasteiger partial charge on any atom is -0.383 e. The third kappa shape index (κ3) is 5.10. The van der Waals surface area contributed by atoms with E-state index in [1.165, 1.54) is 0 Å². The molecule has 1 unspecified atom stereocenters. The quantitative estimate of drug-likeness (QED) is 0.641. The van der Waals surface area contributed by atoms with Gasteiger partial charge in [0.1, 0.15) is 6.54 Å². The van der Waals surface area contributed by atoms with Crippen molar-refractivity contribution in [3.63, 3.8) is 0 Å². The molecule has 0 radical (unpaired) electrons. The Hall–Kier alpha value is -1.82. The summed E-state index contributed by atoms with van der Waals surface area (Å²) in [4.78, 5) is 29.4. The summed E-state index contributed by atoms with van der Waals surface area (Å²) in [6.45, 7) is 5.77. The second-order valence-corrected chi connectivity index (χ2v) is 7.27. The molecule has 0 aromatic carbocycles. The summed E-state index contributed by atoms with van der Waals surface area (Å²) in [6, 6.07) is 4.06. The number of ether oxygens (including phenoxy) is 1. The molecule has 1 aliphatic carbocycles. The maximum absolute atomic E-state index is 13.0.